The summed E-state index contributed by atoms with van der Waals surface area (Å²) < 4.78 is 5.52. The Hall–Kier alpha value is -1.61. The van der Waals surface area contributed by atoms with Gasteiger partial charge < -0.3 is 10.1 Å². The third kappa shape index (κ3) is 5.64. The summed E-state index contributed by atoms with van der Waals surface area (Å²) in [5.74, 6) is -0.0598. The summed E-state index contributed by atoms with van der Waals surface area (Å²) in [6.07, 6.45) is 4.43. The first-order chi connectivity index (χ1) is 8.74. The van der Waals surface area contributed by atoms with E-state index < -0.39 is 6.10 Å². The third-order valence-electron chi connectivity index (χ3n) is 2.56. The Morgan fingerprint density at radius 1 is 1.39 bits per heavy atom. The average Bonchev–Trinajstić information content (AvgIpc) is 2.42. The molecule has 0 aromatic heterocycles. The van der Waals surface area contributed by atoms with Crippen molar-refractivity contribution in [2.75, 3.05) is 6.54 Å². The number of allylic oxidation sites excluding steroid dienone is 1. The van der Waals surface area contributed by atoms with E-state index in [9.17, 15) is 4.79 Å². The number of hydrogen-bond acceptors (Lipinski definition) is 2. The van der Waals surface area contributed by atoms with Gasteiger partial charge in [-0.15, -0.1) is 0 Å². The SMILES string of the molecule is C/C=C/CCNC(=O)C(C)OCc1ccccc1. The zero-order chi connectivity index (χ0) is 13.2. The summed E-state index contributed by atoms with van der Waals surface area (Å²) in [7, 11) is 0. The van der Waals surface area contributed by atoms with Crippen LogP contribution < -0.4 is 5.32 Å². The van der Waals surface area contributed by atoms with Crippen molar-refractivity contribution in [1.82, 2.24) is 5.32 Å². The van der Waals surface area contributed by atoms with Crippen LogP contribution in [-0.4, -0.2) is 18.6 Å². The van der Waals surface area contributed by atoms with Crippen molar-refractivity contribution in [3.8, 4) is 0 Å². The summed E-state index contributed by atoms with van der Waals surface area (Å²) in [5, 5.41) is 2.84. The lowest BCUT2D eigenvalue weighted by molar-refractivity contribution is -0.132. The van der Waals surface area contributed by atoms with Gasteiger partial charge in [0.2, 0.25) is 5.91 Å². The molecule has 1 aromatic rings. The third-order valence-corrected chi connectivity index (χ3v) is 2.56. The van der Waals surface area contributed by atoms with Crippen molar-refractivity contribution in [3.05, 3.63) is 48.0 Å². The summed E-state index contributed by atoms with van der Waals surface area (Å²) in [6, 6.07) is 9.84. The molecule has 0 fully saturated rings. The van der Waals surface area contributed by atoms with Crippen LogP contribution in [0.5, 0.6) is 0 Å². The molecule has 0 spiro atoms. The number of carbonyl (C=O) groups excluding carboxylic acids is 1. The maximum absolute atomic E-state index is 11.7. The van der Waals surface area contributed by atoms with E-state index in [1.807, 2.05) is 49.4 Å². The Balaban J connectivity index is 2.23. The molecule has 0 saturated heterocycles. The molecule has 3 nitrogen and oxygen atoms in total. The second-order valence-corrected chi connectivity index (χ2v) is 4.09. The van der Waals surface area contributed by atoms with Gasteiger partial charge in [-0.05, 0) is 25.8 Å². The minimum atomic E-state index is -0.421. The number of carbonyl (C=O) groups is 1. The molecule has 1 rings (SSSR count). The van der Waals surface area contributed by atoms with E-state index in [1.54, 1.807) is 6.92 Å². The second-order valence-electron chi connectivity index (χ2n) is 4.09. The molecule has 1 N–H and O–H groups in total. The molecule has 1 aromatic carbocycles. The van der Waals surface area contributed by atoms with Crippen LogP contribution in [0.15, 0.2) is 42.5 Å². The number of ether oxygens (including phenoxy) is 1. The van der Waals surface area contributed by atoms with Gasteiger partial charge in [0, 0.05) is 6.54 Å². The van der Waals surface area contributed by atoms with Gasteiger partial charge in [0.15, 0.2) is 0 Å². The highest BCUT2D eigenvalue weighted by atomic mass is 16.5. The molecule has 3 heteroatoms. The summed E-state index contributed by atoms with van der Waals surface area (Å²) >= 11 is 0. The Morgan fingerprint density at radius 3 is 2.78 bits per heavy atom. The fourth-order valence-corrected chi connectivity index (χ4v) is 1.46. The second kappa shape index (κ2) is 8.48. The monoisotopic (exact) mass is 247 g/mol. The molecule has 98 valence electrons. The van der Waals surface area contributed by atoms with Crippen molar-refractivity contribution in [2.24, 2.45) is 0 Å². The van der Waals surface area contributed by atoms with E-state index in [1.165, 1.54) is 0 Å². The first-order valence-corrected chi connectivity index (χ1v) is 6.28. The summed E-state index contributed by atoms with van der Waals surface area (Å²) in [6.45, 7) is 4.86. The van der Waals surface area contributed by atoms with Gasteiger partial charge in [-0.1, -0.05) is 42.5 Å². The average molecular weight is 247 g/mol. The van der Waals surface area contributed by atoms with Gasteiger partial charge in [-0.25, -0.2) is 0 Å². The molecule has 0 bridgehead atoms. The van der Waals surface area contributed by atoms with Gasteiger partial charge in [-0.3, -0.25) is 4.79 Å². The lowest BCUT2D eigenvalue weighted by atomic mass is 10.2. The van der Waals surface area contributed by atoms with Crippen molar-refractivity contribution in [3.63, 3.8) is 0 Å². The zero-order valence-corrected chi connectivity index (χ0v) is 11.1. The number of hydrogen-bond donors (Lipinski definition) is 1. The van der Waals surface area contributed by atoms with Crippen LogP contribution >= 0.6 is 0 Å². The predicted molar refractivity (Wildman–Crippen MR) is 73.1 cm³/mol. The minimum absolute atomic E-state index is 0.0598. The van der Waals surface area contributed by atoms with Gasteiger partial charge in [0.05, 0.1) is 6.61 Å². The van der Waals surface area contributed by atoms with Crippen molar-refractivity contribution < 1.29 is 9.53 Å². The lowest BCUT2D eigenvalue weighted by Gasteiger charge is -2.13. The van der Waals surface area contributed by atoms with E-state index in [-0.39, 0.29) is 5.91 Å². The molecule has 0 heterocycles. The van der Waals surface area contributed by atoms with E-state index in [2.05, 4.69) is 5.32 Å². The number of nitrogens with one attached hydrogen (secondary N) is 1. The van der Waals surface area contributed by atoms with Crippen LogP contribution in [0.4, 0.5) is 0 Å². The number of benzene rings is 1. The summed E-state index contributed by atoms with van der Waals surface area (Å²) in [4.78, 5) is 11.7. The fraction of sp³-hybridized carbons (Fsp3) is 0.400. The maximum atomic E-state index is 11.7. The quantitative estimate of drug-likeness (QED) is 0.594. The molecular weight excluding hydrogens is 226 g/mol. The molecule has 0 aliphatic rings. The standard InChI is InChI=1S/C15H21NO2/c1-3-4-8-11-16-15(17)13(2)18-12-14-9-6-5-7-10-14/h3-7,9-10,13H,8,11-12H2,1-2H3,(H,16,17)/b4-3+. The van der Waals surface area contributed by atoms with E-state index in [0.29, 0.717) is 13.2 Å². The van der Waals surface area contributed by atoms with Crippen LogP contribution in [-0.2, 0) is 16.1 Å². The molecular formula is C15H21NO2. The van der Waals surface area contributed by atoms with Crippen molar-refractivity contribution >= 4 is 5.91 Å². The van der Waals surface area contributed by atoms with E-state index in [0.717, 1.165) is 12.0 Å². The molecule has 1 unspecified atom stereocenters. The van der Waals surface area contributed by atoms with Crippen LogP contribution in [0.3, 0.4) is 0 Å². The van der Waals surface area contributed by atoms with Gasteiger partial charge in [-0.2, -0.15) is 0 Å². The highest BCUT2D eigenvalue weighted by molar-refractivity contribution is 5.80. The molecule has 0 aliphatic carbocycles. The van der Waals surface area contributed by atoms with E-state index in [4.69, 9.17) is 4.74 Å². The Labute approximate surface area is 109 Å². The van der Waals surface area contributed by atoms with Crippen LogP contribution in [0.25, 0.3) is 0 Å². The Bertz CT molecular complexity index is 373. The van der Waals surface area contributed by atoms with E-state index >= 15 is 0 Å². The van der Waals surface area contributed by atoms with Gasteiger partial charge in [0.1, 0.15) is 6.10 Å². The topological polar surface area (TPSA) is 38.3 Å². The zero-order valence-electron chi connectivity index (χ0n) is 11.1. The number of amides is 1. The molecule has 0 radical (unpaired) electrons. The fourth-order valence-electron chi connectivity index (χ4n) is 1.46. The smallest absolute Gasteiger partial charge is 0.248 e. The first kappa shape index (κ1) is 14.5. The Kier molecular flexibility index (Phi) is 6.81. The van der Waals surface area contributed by atoms with Crippen molar-refractivity contribution in [2.45, 2.75) is 33.0 Å². The Morgan fingerprint density at radius 2 is 2.11 bits per heavy atom. The normalized spacial score (nSPS) is 12.6. The summed E-state index contributed by atoms with van der Waals surface area (Å²) in [5.41, 5.74) is 1.08. The molecule has 1 amide bonds. The highest BCUT2D eigenvalue weighted by Gasteiger charge is 2.12. The minimum Gasteiger partial charge on any atom is -0.364 e. The van der Waals surface area contributed by atoms with Crippen molar-refractivity contribution in [1.29, 1.82) is 0 Å². The number of rotatable bonds is 7. The molecule has 0 aliphatic heterocycles. The highest BCUT2D eigenvalue weighted by Crippen LogP contribution is 2.03. The van der Waals surface area contributed by atoms with Gasteiger partial charge in [0.25, 0.3) is 0 Å². The molecule has 0 saturated carbocycles. The molecule has 1 atom stereocenters. The molecule has 18 heavy (non-hydrogen) atoms. The lowest BCUT2D eigenvalue weighted by Crippen LogP contribution is -2.34. The van der Waals surface area contributed by atoms with Crippen LogP contribution in [0.1, 0.15) is 25.8 Å². The first-order valence-electron chi connectivity index (χ1n) is 6.28. The van der Waals surface area contributed by atoms with Crippen LogP contribution in [0.2, 0.25) is 0 Å². The van der Waals surface area contributed by atoms with Crippen LogP contribution in [0, 0.1) is 0 Å². The largest absolute Gasteiger partial charge is 0.364 e. The van der Waals surface area contributed by atoms with Gasteiger partial charge >= 0.3 is 0 Å². The predicted octanol–water partition coefficient (Wildman–Crippen LogP) is 2.67. The maximum Gasteiger partial charge on any atom is 0.248 e.